The van der Waals surface area contributed by atoms with E-state index in [1.165, 1.54) is 12.1 Å². The fourth-order valence-corrected chi connectivity index (χ4v) is 2.33. The van der Waals surface area contributed by atoms with Crippen molar-refractivity contribution in [1.82, 2.24) is 4.90 Å². The van der Waals surface area contributed by atoms with Crippen LogP contribution in [0.1, 0.15) is 9.67 Å². The first kappa shape index (κ1) is 15.4. The number of alkyl halides is 3. The number of hydrogen-bond acceptors (Lipinski definition) is 4. The average Bonchev–Trinajstić information content (AvgIpc) is 2.62. The summed E-state index contributed by atoms with van der Waals surface area (Å²) in [6.45, 7) is -2.26. The third-order valence-corrected chi connectivity index (χ3v) is 3.31. The van der Waals surface area contributed by atoms with Gasteiger partial charge in [0.2, 0.25) is 0 Å². The highest BCUT2D eigenvalue weighted by Crippen LogP contribution is 2.22. The van der Waals surface area contributed by atoms with Gasteiger partial charge in [-0.2, -0.15) is 13.2 Å². The molecule has 0 radical (unpaired) electrons. The second kappa shape index (κ2) is 6.51. The van der Waals surface area contributed by atoms with Gasteiger partial charge < -0.3 is 5.11 Å². The summed E-state index contributed by atoms with van der Waals surface area (Å²) < 4.78 is 37.1. The monoisotopic (exact) mass is 301 g/mol. The highest BCUT2D eigenvalue weighted by atomic mass is 35.5. The molecule has 1 heterocycles. The van der Waals surface area contributed by atoms with Crippen molar-refractivity contribution in [2.24, 2.45) is 0 Å². The van der Waals surface area contributed by atoms with Crippen molar-refractivity contribution in [3.05, 3.63) is 21.3 Å². The highest BCUT2D eigenvalue weighted by molar-refractivity contribution is 7.18. The lowest BCUT2D eigenvalue weighted by molar-refractivity contribution is -0.145. The summed E-state index contributed by atoms with van der Waals surface area (Å²) in [4.78, 5) is 12.9. The van der Waals surface area contributed by atoms with Gasteiger partial charge in [0.15, 0.2) is 5.78 Å². The Labute approximate surface area is 111 Å². The third kappa shape index (κ3) is 5.34. The second-order valence-electron chi connectivity index (χ2n) is 3.58. The fraction of sp³-hybridized carbons (Fsp3) is 0.500. The fourth-order valence-electron chi connectivity index (χ4n) is 1.35. The van der Waals surface area contributed by atoms with E-state index in [1.807, 2.05) is 0 Å². The van der Waals surface area contributed by atoms with Crippen LogP contribution in [0.5, 0.6) is 0 Å². The maximum Gasteiger partial charge on any atom is 0.401 e. The summed E-state index contributed by atoms with van der Waals surface area (Å²) in [5.41, 5.74) is 0. The molecule has 0 fully saturated rings. The number of carbonyl (C=O) groups excluding carboxylic acids is 1. The Kier molecular flexibility index (Phi) is 5.58. The SMILES string of the molecule is O=C(CN(CCO)CC(F)(F)F)c1ccc(Cl)s1. The van der Waals surface area contributed by atoms with Crippen LogP contribution >= 0.6 is 22.9 Å². The number of aliphatic hydroxyl groups excluding tert-OH is 1. The van der Waals surface area contributed by atoms with Crippen LogP contribution in [0.4, 0.5) is 13.2 Å². The van der Waals surface area contributed by atoms with Gasteiger partial charge >= 0.3 is 6.18 Å². The van der Waals surface area contributed by atoms with Gasteiger partial charge in [0, 0.05) is 6.54 Å². The van der Waals surface area contributed by atoms with Crippen molar-refractivity contribution < 1.29 is 23.1 Å². The van der Waals surface area contributed by atoms with E-state index >= 15 is 0 Å². The Morgan fingerprint density at radius 2 is 2.11 bits per heavy atom. The van der Waals surface area contributed by atoms with Crippen LogP contribution in [0.3, 0.4) is 0 Å². The maximum atomic E-state index is 12.2. The number of ketones is 1. The van der Waals surface area contributed by atoms with E-state index in [2.05, 4.69) is 0 Å². The predicted molar refractivity (Wildman–Crippen MR) is 63.2 cm³/mol. The minimum Gasteiger partial charge on any atom is -0.395 e. The summed E-state index contributed by atoms with van der Waals surface area (Å²) in [6, 6.07) is 2.99. The van der Waals surface area contributed by atoms with Gasteiger partial charge in [-0.1, -0.05) is 11.6 Å². The molecule has 3 nitrogen and oxygen atoms in total. The number of aliphatic hydroxyl groups is 1. The zero-order valence-corrected chi connectivity index (χ0v) is 10.8. The first-order valence-electron chi connectivity index (χ1n) is 5.00. The topological polar surface area (TPSA) is 40.5 Å². The Morgan fingerprint density at radius 1 is 1.44 bits per heavy atom. The van der Waals surface area contributed by atoms with Crippen LogP contribution < -0.4 is 0 Å². The largest absolute Gasteiger partial charge is 0.401 e. The second-order valence-corrected chi connectivity index (χ2v) is 5.29. The number of halogens is 4. The average molecular weight is 302 g/mol. The lowest BCUT2D eigenvalue weighted by Crippen LogP contribution is -2.39. The number of nitrogens with zero attached hydrogens (tertiary/aromatic N) is 1. The van der Waals surface area contributed by atoms with Gasteiger partial charge in [-0.15, -0.1) is 11.3 Å². The molecule has 0 aromatic carbocycles. The van der Waals surface area contributed by atoms with Gasteiger partial charge in [0.25, 0.3) is 0 Å². The van der Waals surface area contributed by atoms with Crippen LogP contribution in [0, 0.1) is 0 Å². The van der Waals surface area contributed by atoms with Crippen molar-refractivity contribution in [3.63, 3.8) is 0 Å². The van der Waals surface area contributed by atoms with E-state index in [0.29, 0.717) is 9.21 Å². The van der Waals surface area contributed by atoms with Crippen molar-refractivity contribution in [1.29, 1.82) is 0 Å². The van der Waals surface area contributed by atoms with Crippen LogP contribution in [0.2, 0.25) is 4.34 Å². The summed E-state index contributed by atoms with van der Waals surface area (Å²) in [7, 11) is 0. The first-order valence-corrected chi connectivity index (χ1v) is 6.20. The highest BCUT2D eigenvalue weighted by Gasteiger charge is 2.31. The first-order chi connectivity index (χ1) is 8.31. The number of hydrogen-bond donors (Lipinski definition) is 1. The van der Waals surface area contributed by atoms with Crippen molar-refractivity contribution in [2.45, 2.75) is 6.18 Å². The molecule has 1 aromatic heterocycles. The molecule has 1 rings (SSSR count). The normalized spacial score (nSPS) is 12.1. The lowest BCUT2D eigenvalue weighted by atomic mass is 10.3. The van der Waals surface area contributed by atoms with E-state index in [9.17, 15) is 18.0 Å². The quantitative estimate of drug-likeness (QED) is 0.821. The molecule has 0 aliphatic carbocycles. The van der Waals surface area contributed by atoms with E-state index in [4.69, 9.17) is 16.7 Å². The third-order valence-electron chi connectivity index (χ3n) is 2.03. The molecule has 0 saturated carbocycles. The molecule has 0 unspecified atom stereocenters. The minimum absolute atomic E-state index is 0.204. The predicted octanol–water partition coefficient (Wildman–Crippen LogP) is 2.44. The molecule has 1 aromatic rings. The summed E-state index contributed by atoms with van der Waals surface area (Å²) in [5.74, 6) is -0.440. The van der Waals surface area contributed by atoms with Crippen molar-refractivity contribution in [3.8, 4) is 0 Å². The molecule has 0 aliphatic rings. The molecule has 0 spiro atoms. The molecular formula is C10H11ClF3NO2S. The zero-order chi connectivity index (χ0) is 13.8. The number of rotatable bonds is 6. The van der Waals surface area contributed by atoms with Crippen LogP contribution in [-0.4, -0.2) is 48.2 Å². The lowest BCUT2D eigenvalue weighted by Gasteiger charge is -2.21. The Balaban J connectivity index is 2.63. The molecule has 0 bridgehead atoms. The Bertz CT molecular complexity index is 408. The van der Waals surface area contributed by atoms with Gasteiger partial charge in [-0.3, -0.25) is 9.69 Å². The van der Waals surface area contributed by atoms with Crippen LogP contribution in [-0.2, 0) is 0 Å². The molecule has 0 saturated heterocycles. The Hall–Kier alpha value is -0.630. The van der Waals surface area contributed by atoms with E-state index in [0.717, 1.165) is 16.2 Å². The molecule has 0 amide bonds. The summed E-state index contributed by atoms with van der Waals surface area (Å²) in [6.07, 6.45) is -4.40. The molecule has 0 aliphatic heterocycles. The Morgan fingerprint density at radius 3 is 2.56 bits per heavy atom. The number of thiophene rings is 1. The molecule has 1 N–H and O–H groups in total. The van der Waals surface area contributed by atoms with Gasteiger partial charge in [0.1, 0.15) is 0 Å². The van der Waals surface area contributed by atoms with Gasteiger partial charge in [-0.25, -0.2) is 0 Å². The standard InChI is InChI=1S/C10H11ClF3NO2S/c11-9-2-1-8(18-9)7(17)5-15(3-4-16)6-10(12,13)14/h1-2,16H,3-6H2. The van der Waals surface area contributed by atoms with E-state index in [1.54, 1.807) is 0 Å². The van der Waals surface area contributed by atoms with E-state index < -0.39 is 31.7 Å². The van der Waals surface area contributed by atoms with Crippen molar-refractivity contribution >= 4 is 28.7 Å². The maximum absolute atomic E-state index is 12.2. The van der Waals surface area contributed by atoms with Gasteiger partial charge in [-0.05, 0) is 12.1 Å². The molecular weight excluding hydrogens is 291 g/mol. The summed E-state index contributed by atoms with van der Waals surface area (Å²) in [5, 5.41) is 8.68. The van der Waals surface area contributed by atoms with Crippen LogP contribution in [0.25, 0.3) is 0 Å². The van der Waals surface area contributed by atoms with Gasteiger partial charge in [0.05, 0.1) is 28.9 Å². The number of Topliss-reactive ketones (excluding diaryl/α,β-unsaturated/α-hetero) is 1. The molecule has 102 valence electrons. The molecule has 18 heavy (non-hydrogen) atoms. The zero-order valence-electron chi connectivity index (χ0n) is 9.21. The summed E-state index contributed by atoms with van der Waals surface area (Å²) >= 11 is 6.66. The van der Waals surface area contributed by atoms with Crippen LogP contribution in [0.15, 0.2) is 12.1 Å². The number of carbonyl (C=O) groups is 1. The minimum atomic E-state index is -4.40. The molecule has 8 heteroatoms. The molecule has 0 atom stereocenters. The van der Waals surface area contributed by atoms with E-state index in [-0.39, 0.29) is 6.54 Å². The van der Waals surface area contributed by atoms with Crippen molar-refractivity contribution in [2.75, 3.05) is 26.2 Å². The smallest absolute Gasteiger partial charge is 0.395 e.